The lowest BCUT2D eigenvalue weighted by atomic mass is 10.2. The van der Waals surface area contributed by atoms with Crippen LogP contribution in [0.1, 0.15) is 33.2 Å². The first-order valence-electron chi connectivity index (χ1n) is 6.99. The van der Waals surface area contributed by atoms with Crippen molar-refractivity contribution in [3.05, 3.63) is 20.8 Å². The van der Waals surface area contributed by atoms with Gasteiger partial charge in [-0.25, -0.2) is 10.2 Å². The van der Waals surface area contributed by atoms with Gasteiger partial charge < -0.3 is 0 Å². The Morgan fingerprint density at radius 2 is 2.05 bits per heavy atom. The molecule has 3 rings (SSSR count). The van der Waals surface area contributed by atoms with Crippen molar-refractivity contribution in [2.45, 2.75) is 39.8 Å². The number of hydrogen-bond acceptors (Lipinski definition) is 5. The summed E-state index contributed by atoms with van der Waals surface area (Å²) >= 11 is 0. The van der Waals surface area contributed by atoms with E-state index < -0.39 is 0 Å². The standard InChI is InChI=1S/C13H18N6O2/c1-5-6-18-11(20)9-10(17(4)13(18)21)14-12-16-15-7(2)8(3)19(9)12/h8H,5-6H2,1-4H3,(H,14,16)/t8-/m1/s1. The summed E-state index contributed by atoms with van der Waals surface area (Å²) in [6.45, 7) is 6.18. The second-order valence-electron chi connectivity index (χ2n) is 5.32. The smallest absolute Gasteiger partial charge is 0.294 e. The van der Waals surface area contributed by atoms with Crippen molar-refractivity contribution >= 4 is 22.8 Å². The monoisotopic (exact) mass is 290 g/mol. The summed E-state index contributed by atoms with van der Waals surface area (Å²) in [4.78, 5) is 29.3. The van der Waals surface area contributed by atoms with Gasteiger partial charge in [-0.2, -0.15) is 10.1 Å². The molecule has 0 unspecified atom stereocenters. The fraction of sp³-hybridized carbons (Fsp3) is 0.538. The average Bonchev–Trinajstić information content (AvgIpc) is 2.85. The quantitative estimate of drug-likeness (QED) is 0.880. The molecule has 3 heterocycles. The highest BCUT2D eigenvalue weighted by molar-refractivity contribution is 5.90. The Kier molecular flexibility index (Phi) is 2.96. The summed E-state index contributed by atoms with van der Waals surface area (Å²) < 4.78 is 4.50. The average molecular weight is 290 g/mol. The molecule has 112 valence electrons. The normalized spacial score (nSPS) is 17.5. The van der Waals surface area contributed by atoms with Gasteiger partial charge in [-0.05, 0) is 20.3 Å². The van der Waals surface area contributed by atoms with Crippen LogP contribution in [0.15, 0.2) is 14.7 Å². The van der Waals surface area contributed by atoms with Gasteiger partial charge in [0.2, 0.25) is 5.95 Å². The van der Waals surface area contributed by atoms with Crippen LogP contribution in [0.3, 0.4) is 0 Å². The summed E-state index contributed by atoms with van der Waals surface area (Å²) in [5.74, 6) is 0.490. The number of aromatic nitrogens is 4. The van der Waals surface area contributed by atoms with E-state index in [-0.39, 0.29) is 17.3 Å². The molecule has 0 fully saturated rings. The number of hydrazone groups is 1. The minimum Gasteiger partial charge on any atom is -0.294 e. The van der Waals surface area contributed by atoms with Crippen molar-refractivity contribution in [3.63, 3.8) is 0 Å². The van der Waals surface area contributed by atoms with Crippen LogP contribution in [0.4, 0.5) is 5.95 Å². The van der Waals surface area contributed by atoms with E-state index in [1.807, 2.05) is 25.3 Å². The van der Waals surface area contributed by atoms with Gasteiger partial charge in [0.05, 0.1) is 11.8 Å². The number of aryl methyl sites for hydroxylation is 1. The molecule has 2 aromatic rings. The van der Waals surface area contributed by atoms with Crippen LogP contribution in [-0.4, -0.2) is 24.4 Å². The zero-order valence-corrected chi connectivity index (χ0v) is 12.5. The zero-order chi connectivity index (χ0) is 15.3. The first-order chi connectivity index (χ1) is 9.97. The van der Waals surface area contributed by atoms with Crippen LogP contribution in [0.5, 0.6) is 0 Å². The van der Waals surface area contributed by atoms with E-state index in [0.29, 0.717) is 23.7 Å². The second-order valence-corrected chi connectivity index (χ2v) is 5.32. The van der Waals surface area contributed by atoms with E-state index >= 15 is 0 Å². The van der Waals surface area contributed by atoms with Crippen LogP contribution >= 0.6 is 0 Å². The maximum atomic E-state index is 12.7. The third-order valence-corrected chi connectivity index (χ3v) is 3.95. The minimum atomic E-state index is -0.338. The molecule has 2 aromatic heterocycles. The Morgan fingerprint density at radius 3 is 2.71 bits per heavy atom. The largest absolute Gasteiger partial charge is 0.332 e. The Morgan fingerprint density at radius 1 is 1.33 bits per heavy atom. The molecule has 1 N–H and O–H groups in total. The SMILES string of the molecule is CCCn1c(=O)c2c(nc3n2[C@H](C)C(C)=NN3)n(C)c1=O. The van der Waals surface area contributed by atoms with E-state index in [9.17, 15) is 9.59 Å². The maximum absolute atomic E-state index is 12.7. The topological polar surface area (TPSA) is 86.2 Å². The molecule has 1 aliphatic rings. The van der Waals surface area contributed by atoms with Crippen molar-refractivity contribution in [2.24, 2.45) is 12.1 Å². The molecule has 1 atom stereocenters. The summed E-state index contributed by atoms with van der Waals surface area (Å²) in [6.07, 6.45) is 0.718. The van der Waals surface area contributed by atoms with Gasteiger partial charge in [-0.15, -0.1) is 0 Å². The van der Waals surface area contributed by atoms with Crippen LogP contribution in [0.2, 0.25) is 0 Å². The maximum Gasteiger partial charge on any atom is 0.332 e. The van der Waals surface area contributed by atoms with E-state index in [1.54, 1.807) is 7.05 Å². The molecule has 0 bridgehead atoms. The first kappa shape index (κ1) is 13.6. The number of imidazole rings is 1. The van der Waals surface area contributed by atoms with Crippen molar-refractivity contribution < 1.29 is 0 Å². The Hall–Kier alpha value is -2.38. The molecule has 8 heteroatoms. The highest BCUT2D eigenvalue weighted by Crippen LogP contribution is 2.25. The van der Waals surface area contributed by atoms with E-state index in [1.165, 1.54) is 9.13 Å². The molecule has 8 nitrogen and oxygen atoms in total. The predicted octanol–water partition coefficient (Wildman–Crippen LogP) is 0.669. The first-order valence-corrected chi connectivity index (χ1v) is 6.99. The third kappa shape index (κ3) is 1.75. The van der Waals surface area contributed by atoms with Gasteiger partial charge in [0.25, 0.3) is 5.56 Å². The highest BCUT2D eigenvalue weighted by Gasteiger charge is 2.26. The number of nitrogens with zero attached hydrogens (tertiary/aromatic N) is 5. The number of fused-ring (bicyclic) bond motifs is 3. The number of anilines is 1. The Labute approximate surface area is 120 Å². The summed E-state index contributed by atoms with van der Waals surface area (Å²) in [5.41, 5.74) is 3.89. The lowest BCUT2D eigenvalue weighted by Crippen LogP contribution is -2.40. The number of hydrogen-bond donors (Lipinski definition) is 1. The second kappa shape index (κ2) is 4.57. The van der Waals surface area contributed by atoms with E-state index in [4.69, 9.17) is 0 Å². The lowest BCUT2D eigenvalue weighted by Gasteiger charge is -2.21. The van der Waals surface area contributed by atoms with Crippen LogP contribution in [-0.2, 0) is 13.6 Å². The summed E-state index contributed by atoms with van der Waals surface area (Å²) in [5, 5.41) is 4.18. The van der Waals surface area contributed by atoms with Crippen LogP contribution in [0, 0.1) is 0 Å². The van der Waals surface area contributed by atoms with E-state index in [2.05, 4.69) is 15.5 Å². The molecular weight excluding hydrogens is 272 g/mol. The minimum absolute atomic E-state index is 0.0773. The van der Waals surface area contributed by atoms with Crippen LogP contribution in [0.25, 0.3) is 11.2 Å². The Balaban J connectivity index is 2.45. The van der Waals surface area contributed by atoms with Crippen molar-refractivity contribution in [2.75, 3.05) is 5.43 Å². The number of rotatable bonds is 2. The third-order valence-electron chi connectivity index (χ3n) is 3.95. The summed E-state index contributed by atoms with van der Waals surface area (Å²) in [6, 6.07) is -0.0773. The molecule has 21 heavy (non-hydrogen) atoms. The molecule has 0 saturated heterocycles. The molecule has 1 aliphatic heterocycles. The van der Waals surface area contributed by atoms with Crippen LogP contribution < -0.4 is 16.7 Å². The zero-order valence-electron chi connectivity index (χ0n) is 12.5. The fourth-order valence-corrected chi connectivity index (χ4v) is 2.63. The fourth-order valence-electron chi connectivity index (χ4n) is 2.63. The van der Waals surface area contributed by atoms with Gasteiger partial charge in [-0.1, -0.05) is 6.92 Å². The Bertz CT molecular complexity index is 869. The molecule has 0 spiro atoms. The summed E-state index contributed by atoms with van der Waals surface area (Å²) in [7, 11) is 1.63. The number of nitrogens with one attached hydrogen (secondary N) is 1. The van der Waals surface area contributed by atoms with Gasteiger partial charge >= 0.3 is 5.69 Å². The van der Waals surface area contributed by atoms with Gasteiger partial charge in [-0.3, -0.25) is 18.5 Å². The molecule has 0 aliphatic carbocycles. The van der Waals surface area contributed by atoms with Crippen molar-refractivity contribution in [3.8, 4) is 0 Å². The van der Waals surface area contributed by atoms with Crippen molar-refractivity contribution in [1.29, 1.82) is 0 Å². The van der Waals surface area contributed by atoms with Crippen molar-refractivity contribution in [1.82, 2.24) is 18.7 Å². The van der Waals surface area contributed by atoms with Gasteiger partial charge in [0, 0.05) is 13.6 Å². The molecule has 0 amide bonds. The highest BCUT2D eigenvalue weighted by atomic mass is 16.2. The molecule has 0 saturated carbocycles. The van der Waals surface area contributed by atoms with Gasteiger partial charge in [0.1, 0.15) is 0 Å². The lowest BCUT2D eigenvalue weighted by molar-refractivity contribution is 0.588. The van der Waals surface area contributed by atoms with E-state index in [0.717, 1.165) is 12.1 Å². The molecule has 0 aromatic carbocycles. The van der Waals surface area contributed by atoms with Gasteiger partial charge in [0.15, 0.2) is 11.2 Å². The molecular formula is C13H18N6O2. The predicted molar refractivity (Wildman–Crippen MR) is 81.0 cm³/mol. The molecule has 0 radical (unpaired) electrons.